The van der Waals surface area contributed by atoms with Crippen molar-refractivity contribution in [3.05, 3.63) is 36.7 Å². The molecule has 0 fully saturated rings. The van der Waals surface area contributed by atoms with Gasteiger partial charge in [0.15, 0.2) is 0 Å². The maximum atomic E-state index is 5.70. The van der Waals surface area contributed by atoms with E-state index in [4.69, 9.17) is 5.73 Å². The molecule has 0 aliphatic heterocycles. The molecule has 0 radical (unpaired) electrons. The van der Waals surface area contributed by atoms with Crippen molar-refractivity contribution in [3.8, 4) is 0 Å². The van der Waals surface area contributed by atoms with Crippen LogP contribution >= 0.6 is 0 Å². The number of halogens is 1. The van der Waals surface area contributed by atoms with Gasteiger partial charge in [0.2, 0.25) is 0 Å². The minimum absolute atomic E-state index is 0. The highest BCUT2D eigenvalue weighted by Crippen LogP contribution is 2.18. The molecule has 114 valence electrons. The molecule has 1 atom stereocenters. The van der Waals surface area contributed by atoms with Crippen LogP contribution in [0, 0.1) is 0 Å². The Morgan fingerprint density at radius 3 is 2.48 bits per heavy atom. The molecule has 0 aliphatic carbocycles. The van der Waals surface area contributed by atoms with Crippen LogP contribution in [0.1, 0.15) is 6.92 Å². The number of hydrogen-bond acceptors (Lipinski definition) is 4. The topological polar surface area (TPSA) is 71.6 Å². The van der Waals surface area contributed by atoms with Crippen molar-refractivity contribution < 1.29 is 17.0 Å². The van der Waals surface area contributed by atoms with Crippen LogP contribution in [0.4, 0.5) is 17.3 Å². The highest BCUT2D eigenvalue weighted by molar-refractivity contribution is 5.50. The van der Waals surface area contributed by atoms with Crippen LogP contribution in [0.2, 0.25) is 0 Å². The average Bonchev–Trinajstić information content (AvgIpc) is 2.75. The summed E-state index contributed by atoms with van der Waals surface area (Å²) in [5, 5.41) is 11.7. The van der Waals surface area contributed by atoms with Crippen LogP contribution in [-0.2, 0) is 14.1 Å². The number of imidazole rings is 1. The number of anilines is 1. The second-order valence-electron chi connectivity index (χ2n) is 4.93. The molecule has 6 nitrogen and oxygen atoms in total. The van der Waals surface area contributed by atoms with Gasteiger partial charge in [-0.05, 0) is 31.2 Å². The molecule has 0 spiro atoms. The summed E-state index contributed by atoms with van der Waals surface area (Å²) in [7, 11) is 3.88. The zero-order chi connectivity index (χ0) is 14.5. The minimum atomic E-state index is 0. The van der Waals surface area contributed by atoms with Gasteiger partial charge in [-0.2, -0.15) is 0 Å². The number of nitrogens with two attached hydrogens (primary N) is 1. The summed E-state index contributed by atoms with van der Waals surface area (Å²) in [6.07, 6.45) is 3.88. The first kappa shape index (κ1) is 17.1. The molecule has 0 aliphatic rings. The van der Waals surface area contributed by atoms with E-state index in [0.29, 0.717) is 0 Å². The fraction of sp³-hybridized carbons (Fsp3) is 0.357. The monoisotopic (exact) mass is 308 g/mol. The zero-order valence-electron chi connectivity index (χ0n) is 12.5. The number of azo groups is 1. The first-order valence-electron chi connectivity index (χ1n) is 6.58. The van der Waals surface area contributed by atoms with Crippen molar-refractivity contribution in [2.24, 2.45) is 30.1 Å². The fourth-order valence-electron chi connectivity index (χ4n) is 1.75. The Morgan fingerprint density at radius 1 is 1.29 bits per heavy atom. The maximum absolute atomic E-state index is 5.70. The standard InChI is InChI=1S/C14H20N6.ClH/c1-11(15)10-16-12-4-6-13(7-5-12)17-18-14-19(2)8-9-20(14)3;/h4-9,11H,10,15H2,1-3H3;1H. The number of aryl methyl sites for hydroxylation is 2. The summed E-state index contributed by atoms with van der Waals surface area (Å²) in [4.78, 5) is 0. The summed E-state index contributed by atoms with van der Waals surface area (Å²) >= 11 is 0. The third kappa shape index (κ3) is 4.84. The Morgan fingerprint density at radius 2 is 1.95 bits per heavy atom. The SMILES string of the molecule is CC(N)CNc1ccc(N=Nc2n(C)cc[n+]2C)cc1.[Cl-]. The zero-order valence-corrected chi connectivity index (χ0v) is 13.2. The Balaban J connectivity index is 0.00000220. The lowest BCUT2D eigenvalue weighted by atomic mass is 10.2. The van der Waals surface area contributed by atoms with Gasteiger partial charge in [0, 0.05) is 23.4 Å². The number of nitrogens with zero attached hydrogens (tertiary/aromatic N) is 4. The highest BCUT2D eigenvalue weighted by atomic mass is 35.5. The number of nitrogens with one attached hydrogen (secondary N) is 1. The van der Waals surface area contributed by atoms with E-state index in [-0.39, 0.29) is 18.4 Å². The van der Waals surface area contributed by atoms with Crippen LogP contribution in [0.3, 0.4) is 0 Å². The lowest BCUT2D eigenvalue weighted by molar-refractivity contribution is -0.657. The van der Waals surface area contributed by atoms with Gasteiger partial charge in [-0.3, -0.25) is 0 Å². The molecule has 3 N–H and O–H groups in total. The summed E-state index contributed by atoms with van der Waals surface area (Å²) in [6.45, 7) is 2.72. The Labute approximate surface area is 131 Å². The van der Waals surface area contributed by atoms with Gasteiger partial charge in [-0.15, -0.1) is 0 Å². The minimum Gasteiger partial charge on any atom is -1.00 e. The van der Waals surface area contributed by atoms with Crippen molar-refractivity contribution in [1.29, 1.82) is 0 Å². The highest BCUT2D eigenvalue weighted by Gasteiger charge is 2.10. The molecule has 0 bridgehead atoms. The van der Waals surface area contributed by atoms with Gasteiger partial charge in [-0.25, -0.2) is 9.13 Å². The van der Waals surface area contributed by atoms with Gasteiger partial charge in [0.1, 0.15) is 5.69 Å². The lowest BCUT2D eigenvalue weighted by Gasteiger charge is -2.08. The summed E-state index contributed by atoms with van der Waals surface area (Å²) < 4.78 is 3.84. The van der Waals surface area contributed by atoms with Crippen LogP contribution in [0.15, 0.2) is 46.9 Å². The van der Waals surface area contributed by atoms with Crippen molar-refractivity contribution >= 4 is 17.3 Å². The van der Waals surface area contributed by atoms with E-state index < -0.39 is 0 Å². The fourth-order valence-corrected chi connectivity index (χ4v) is 1.75. The van der Waals surface area contributed by atoms with E-state index in [0.717, 1.165) is 23.9 Å². The summed E-state index contributed by atoms with van der Waals surface area (Å²) in [5.41, 5.74) is 7.55. The van der Waals surface area contributed by atoms with E-state index in [9.17, 15) is 0 Å². The van der Waals surface area contributed by atoms with Crippen LogP contribution in [0.5, 0.6) is 0 Å². The lowest BCUT2D eigenvalue weighted by Crippen LogP contribution is -3.00. The first-order chi connectivity index (χ1) is 9.56. The third-order valence-corrected chi connectivity index (χ3v) is 2.90. The van der Waals surface area contributed by atoms with Gasteiger partial charge in [0.05, 0.1) is 26.5 Å². The quantitative estimate of drug-likeness (QED) is 0.551. The van der Waals surface area contributed by atoms with Gasteiger partial charge < -0.3 is 23.5 Å². The number of aromatic nitrogens is 2. The van der Waals surface area contributed by atoms with Gasteiger partial charge in [-0.1, -0.05) is 5.11 Å². The predicted molar refractivity (Wildman–Crippen MR) is 79.3 cm³/mol. The third-order valence-electron chi connectivity index (χ3n) is 2.90. The van der Waals surface area contributed by atoms with Crippen molar-refractivity contribution in [2.45, 2.75) is 13.0 Å². The average molecular weight is 309 g/mol. The molecule has 2 rings (SSSR count). The Hall–Kier alpha value is -1.92. The number of hydrogen-bond donors (Lipinski definition) is 2. The van der Waals surface area contributed by atoms with Crippen molar-refractivity contribution in [3.63, 3.8) is 0 Å². The van der Waals surface area contributed by atoms with Crippen LogP contribution in [0.25, 0.3) is 0 Å². The molecule has 1 aromatic carbocycles. The molecule has 0 saturated heterocycles. The molecule has 1 aromatic heterocycles. The summed E-state index contributed by atoms with van der Waals surface area (Å²) in [5.74, 6) is 0.796. The van der Waals surface area contributed by atoms with Crippen LogP contribution in [-0.4, -0.2) is 17.2 Å². The molecular formula is C14H21ClN6. The van der Waals surface area contributed by atoms with E-state index in [1.54, 1.807) is 0 Å². The smallest absolute Gasteiger partial charge is 0.421 e. The Bertz CT molecular complexity index is 569. The van der Waals surface area contributed by atoms with E-state index in [2.05, 4.69) is 15.5 Å². The number of rotatable bonds is 5. The molecule has 1 heterocycles. The second kappa shape index (κ2) is 7.75. The van der Waals surface area contributed by atoms with Crippen LogP contribution < -0.4 is 28.0 Å². The van der Waals surface area contributed by atoms with Crippen molar-refractivity contribution in [2.75, 3.05) is 11.9 Å². The van der Waals surface area contributed by atoms with Gasteiger partial charge in [0.25, 0.3) is 0 Å². The first-order valence-corrected chi connectivity index (χ1v) is 6.58. The van der Waals surface area contributed by atoms with E-state index >= 15 is 0 Å². The summed E-state index contributed by atoms with van der Waals surface area (Å²) in [6, 6.07) is 7.93. The molecule has 0 saturated carbocycles. The molecule has 21 heavy (non-hydrogen) atoms. The van der Waals surface area contributed by atoms with E-state index in [1.807, 2.05) is 66.8 Å². The predicted octanol–water partition coefficient (Wildman–Crippen LogP) is -0.972. The van der Waals surface area contributed by atoms with Crippen molar-refractivity contribution in [1.82, 2.24) is 4.57 Å². The molecule has 0 amide bonds. The molecule has 1 unspecified atom stereocenters. The van der Waals surface area contributed by atoms with Gasteiger partial charge >= 0.3 is 5.95 Å². The van der Waals surface area contributed by atoms with E-state index in [1.165, 1.54) is 0 Å². The second-order valence-corrected chi connectivity index (χ2v) is 4.93. The Kier molecular flexibility index (Phi) is 6.33. The normalized spacial score (nSPS) is 12.2. The number of benzene rings is 1. The molecular weight excluding hydrogens is 288 g/mol. The molecule has 2 aromatic rings. The molecule has 7 heteroatoms. The largest absolute Gasteiger partial charge is 1.00 e. The maximum Gasteiger partial charge on any atom is 0.421 e.